The molecule has 1 fully saturated rings. The van der Waals surface area contributed by atoms with Crippen molar-refractivity contribution >= 4 is 18.2 Å². The number of nitrogens with zero attached hydrogens (tertiary/aromatic N) is 5. The molecule has 0 bridgehead atoms. The molecule has 0 saturated carbocycles. The van der Waals surface area contributed by atoms with Gasteiger partial charge in [0.15, 0.2) is 0 Å². The first kappa shape index (κ1) is 11.9. The molecule has 6 nitrogen and oxygen atoms in total. The van der Waals surface area contributed by atoms with Gasteiger partial charge in [-0.2, -0.15) is 4.90 Å². The highest BCUT2D eigenvalue weighted by Crippen LogP contribution is 2.22. The largest absolute Gasteiger partial charge is 0.360 e. The standard InChI is InChI=1S/C11H21N5O/c1-12(2)11-15(5)9-8(10(17)16(11)6)13(3)7-14(9)4/h7-9H,1-6H3/q+2. The van der Waals surface area contributed by atoms with Gasteiger partial charge in [0, 0.05) is 0 Å². The minimum atomic E-state index is -0.126. The molecule has 0 N–H and O–H groups in total. The second-order valence-corrected chi connectivity index (χ2v) is 5.01. The van der Waals surface area contributed by atoms with E-state index in [1.165, 1.54) is 0 Å². The first-order chi connectivity index (χ1) is 7.86. The Labute approximate surface area is 102 Å². The zero-order chi connectivity index (χ0) is 12.9. The first-order valence-electron chi connectivity index (χ1n) is 5.69. The second kappa shape index (κ2) is 3.72. The van der Waals surface area contributed by atoms with E-state index in [9.17, 15) is 4.79 Å². The van der Waals surface area contributed by atoms with E-state index < -0.39 is 0 Å². The Morgan fingerprint density at radius 1 is 1.29 bits per heavy atom. The summed E-state index contributed by atoms with van der Waals surface area (Å²) >= 11 is 0. The molecule has 6 heteroatoms. The lowest BCUT2D eigenvalue weighted by atomic mass is 10.1. The summed E-state index contributed by atoms with van der Waals surface area (Å²) in [5, 5.41) is 0. The highest BCUT2D eigenvalue weighted by Gasteiger charge is 2.58. The van der Waals surface area contributed by atoms with E-state index in [4.69, 9.17) is 0 Å². The maximum absolute atomic E-state index is 12.4. The number of fused-ring (bicyclic) bond motifs is 1. The number of rotatable bonds is 0. The van der Waals surface area contributed by atoms with Gasteiger partial charge < -0.3 is 0 Å². The molecule has 2 atom stereocenters. The third-order valence-corrected chi connectivity index (χ3v) is 3.50. The van der Waals surface area contributed by atoms with Crippen LogP contribution in [0.4, 0.5) is 0 Å². The second-order valence-electron chi connectivity index (χ2n) is 5.01. The van der Waals surface area contributed by atoms with Gasteiger partial charge in [-0.15, -0.1) is 0 Å². The molecule has 0 aliphatic carbocycles. The van der Waals surface area contributed by atoms with E-state index in [1.807, 2.05) is 58.1 Å². The van der Waals surface area contributed by atoms with E-state index >= 15 is 0 Å². The molecule has 0 aromatic heterocycles. The lowest BCUT2D eigenvalue weighted by molar-refractivity contribution is -0.555. The molecule has 0 radical (unpaired) electrons. The van der Waals surface area contributed by atoms with Crippen LogP contribution in [0, 0.1) is 0 Å². The molecule has 17 heavy (non-hydrogen) atoms. The van der Waals surface area contributed by atoms with Gasteiger partial charge in [0.1, 0.15) is 0 Å². The summed E-state index contributed by atoms with van der Waals surface area (Å²) in [6.45, 7) is 0. The highest BCUT2D eigenvalue weighted by atomic mass is 16.2. The summed E-state index contributed by atoms with van der Waals surface area (Å²) in [6, 6.07) is -0.126. The molecule has 1 amide bonds. The summed E-state index contributed by atoms with van der Waals surface area (Å²) < 4.78 is 4.05. The fraction of sp³-hybridized carbons (Fsp3) is 0.727. The molecule has 1 saturated heterocycles. The number of carbonyl (C=O) groups is 1. The Hall–Kier alpha value is -1.59. The fourth-order valence-corrected chi connectivity index (χ4v) is 2.91. The predicted octanol–water partition coefficient (Wildman–Crippen LogP) is -1.67. The van der Waals surface area contributed by atoms with E-state index in [0.717, 1.165) is 5.96 Å². The van der Waals surface area contributed by atoms with Crippen molar-refractivity contribution < 1.29 is 13.9 Å². The minimum Gasteiger partial charge on any atom is -0.270 e. The van der Waals surface area contributed by atoms with Crippen molar-refractivity contribution in [3.63, 3.8) is 0 Å². The molecule has 0 spiro atoms. The van der Waals surface area contributed by atoms with E-state index in [-0.39, 0.29) is 18.1 Å². The smallest absolute Gasteiger partial charge is 0.270 e. The van der Waals surface area contributed by atoms with Crippen molar-refractivity contribution in [1.29, 1.82) is 0 Å². The van der Waals surface area contributed by atoms with Crippen molar-refractivity contribution in [1.82, 2.24) is 14.7 Å². The van der Waals surface area contributed by atoms with Crippen LogP contribution in [0.15, 0.2) is 0 Å². The molecule has 2 aliphatic heterocycles. The van der Waals surface area contributed by atoms with Gasteiger partial charge in [-0.25, -0.2) is 9.48 Å². The molecule has 0 aromatic rings. The number of hydrogen-bond acceptors (Lipinski definition) is 2. The van der Waals surface area contributed by atoms with Gasteiger partial charge >= 0.3 is 11.9 Å². The molecule has 2 heterocycles. The van der Waals surface area contributed by atoms with Gasteiger partial charge in [-0.05, 0) is 0 Å². The Kier molecular flexibility index (Phi) is 2.60. The topological polar surface area (TPSA) is 32.8 Å². The molecule has 0 aromatic carbocycles. The van der Waals surface area contributed by atoms with Crippen molar-refractivity contribution in [2.45, 2.75) is 12.2 Å². The van der Waals surface area contributed by atoms with Gasteiger partial charge in [0.05, 0.1) is 42.3 Å². The molecule has 2 rings (SSSR count). The van der Waals surface area contributed by atoms with Crippen LogP contribution in [-0.4, -0.2) is 96.5 Å². The monoisotopic (exact) mass is 239 g/mol. The van der Waals surface area contributed by atoms with Crippen LogP contribution in [0.3, 0.4) is 0 Å². The van der Waals surface area contributed by atoms with Crippen molar-refractivity contribution in [3.8, 4) is 0 Å². The molecular weight excluding hydrogens is 218 g/mol. The Morgan fingerprint density at radius 2 is 1.88 bits per heavy atom. The van der Waals surface area contributed by atoms with Crippen LogP contribution >= 0.6 is 0 Å². The molecular formula is C11H21N5O+2. The number of hydrogen-bond donors (Lipinski definition) is 0. The quantitative estimate of drug-likeness (QED) is 0.474. The minimum absolute atomic E-state index is 0.0705. The van der Waals surface area contributed by atoms with Crippen LogP contribution in [0.2, 0.25) is 0 Å². The van der Waals surface area contributed by atoms with Crippen LogP contribution < -0.4 is 0 Å². The van der Waals surface area contributed by atoms with Crippen LogP contribution in [0.5, 0.6) is 0 Å². The van der Waals surface area contributed by atoms with Crippen molar-refractivity contribution in [3.05, 3.63) is 0 Å². The van der Waals surface area contributed by atoms with Crippen LogP contribution in [0.1, 0.15) is 0 Å². The Balaban J connectivity index is 2.48. The number of guanidine groups is 1. The zero-order valence-electron chi connectivity index (χ0n) is 11.4. The summed E-state index contributed by atoms with van der Waals surface area (Å²) in [7, 11) is 11.7. The van der Waals surface area contributed by atoms with Crippen molar-refractivity contribution in [2.24, 2.45) is 0 Å². The predicted molar refractivity (Wildman–Crippen MR) is 65.2 cm³/mol. The maximum atomic E-state index is 12.4. The third kappa shape index (κ3) is 1.50. The van der Waals surface area contributed by atoms with Crippen LogP contribution in [-0.2, 0) is 4.79 Å². The van der Waals surface area contributed by atoms with Gasteiger partial charge in [0.2, 0.25) is 6.34 Å². The molecule has 94 valence electrons. The third-order valence-electron chi connectivity index (χ3n) is 3.50. The lowest BCUT2D eigenvalue weighted by Crippen LogP contribution is -2.67. The summed E-state index contributed by atoms with van der Waals surface area (Å²) in [5.41, 5.74) is 0. The first-order valence-corrected chi connectivity index (χ1v) is 5.69. The van der Waals surface area contributed by atoms with E-state index in [1.54, 1.807) is 4.90 Å². The summed E-state index contributed by atoms with van der Waals surface area (Å²) in [4.78, 5) is 18.2. The van der Waals surface area contributed by atoms with Gasteiger partial charge in [0.25, 0.3) is 12.2 Å². The fourth-order valence-electron chi connectivity index (χ4n) is 2.91. The Bertz CT molecular complexity index is 424. The van der Waals surface area contributed by atoms with Crippen LogP contribution in [0.25, 0.3) is 0 Å². The average Bonchev–Trinajstić information content (AvgIpc) is 2.50. The van der Waals surface area contributed by atoms with E-state index in [0.29, 0.717) is 0 Å². The highest BCUT2D eigenvalue weighted by molar-refractivity contribution is 6.01. The maximum Gasteiger partial charge on any atom is 0.360 e. The number of carbonyl (C=O) groups excluding carboxylic acids is 1. The van der Waals surface area contributed by atoms with Gasteiger partial charge in [-0.1, -0.05) is 0 Å². The molecule has 2 aliphatic rings. The molecule has 2 unspecified atom stereocenters. The van der Waals surface area contributed by atoms with E-state index in [2.05, 4.69) is 9.48 Å². The number of likely N-dealkylation sites (N-methyl/N-ethyl adjacent to an activating group) is 4. The lowest BCUT2D eigenvalue weighted by Gasteiger charge is -2.34. The summed E-state index contributed by atoms with van der Waals surface area (Å²) in [5.74, 6) is 1.06. The summed E-state index contributed by atoms with van der Waals surface area (Å²) in [6.07, 6.45) is 2.05. The average molecular weight is 239 g/mol. The normalized spacial score (nSPS) is 28.6. The van der Waals surface area contributed by atoms with Gasteiger partial charge in [-0.3, -0.25) is 14.3 Å². The zero-order valence-corrected chi connectivity index (χ0v) is 11.4. The Morgan fingerprint density at radius 3 is 2.41 bits per heavy atom. The SMILES string of the molecule is CN1C(=O)C2C(N(C)C1=[N+](C)C)[N+](C)=CN2C. The van der Waals surface area contributed by atoms with Crippen molar-refractivity contribution in [2.75, 3.05) is 42.3 Å². The number of amides is 1.